The summed E-state index contributed by atoms with van der Waals surface area (Å²) >= 11 is 1.19. The molecule has 3 aromatic heterocycles. The highest BCUT2D eigenvalue weighted by Gasteiger charge is 2.35. The standard InChI is InChI=1S/C28H24F2N6O3S/c1-14-25(15(2)39-34-14)16-7-10-21-20(11-16)33-26(36(21)28-32-13-23(40-28)27(38)31-3)22-5-4-6-24(37)35(22)17-8-9-18(29)19(30)12-17/h7-13,22H,4-6H2,1-3H3,(H,31,38). The second-order valence-corrected chi connectivity index (χ2v) is 10.6. The van der Waals surface area contributed by atoms with Crippen LogP contribution in [-0.2, 0) is 4.79 Å². The molecule has 0 aliphatic carbocycles. The molecule has 9 nitrogen and oxygen atoms in total. The summed E-state index contributed by atoms with van der Waals surface area (Å²) in [6, 6.07) is 8.60. The van der Waals surface area contributed by atoms with Gasteiger partial charge in [-0.1, -0.05) is 22.6 Å². The summed E-state index contributed by atoms with van der Waals surface area (Å²) < 4.78 is 35.2. The van der Waals surface area contributed by atoms with Crippen molar-refractivity contribution in [3.63, 3.8) is 0 Å². The lowest BCUT2D eigenvalue weighted by molar-refractivity contribution is -0.120. The van der Waals surface area contributed by atoms with Crippen LogP contribution in [-0.4, -0.2) is 38.6 Å². The number of halogens is 2. The number of fused-ring (bicyclic) bond motifs is 1. The van der Waals surface area contributed by atoms with Crippen LogP contribution >= 0.6 is 11.3 Å². The van der Waals surface area contributed by atoms with Gasteiger partial charge in [-0.15, -0.1) is 0 Å². The van der Waals surface area contributed by atoms with Gasteiger partial charge in [-0.2, -0.15) is 0 Å². The van der Waals surface area contributed by atoms with E-state index in [4.69, 9.17) is 9.51 Å². The third kappa shape index (κ3) is 4.24. The van der Waals surface area contributed by atoms with Gasteiger partial charge < -0.3 is 14.7 Å². The molecule has 0 saturated carbocycles. The molecule has 1 atom stereocenters. The molecule has 6 rings (SSSR count). The van der Waals surface area contributed by atoms with Gasteiger partial charge in [-0.05, 0) is 56.5 Å². The quantitative estimate of drug-likeness (QED) is 0.297. The van der Waals surface area contributed by atoms with Crippen LogP contribution in [0, 0.1) is 25.5 Å². The maximum Gasteiger partial charge on any atom is 0.262 e. The van der Waals surface area contributed by atoms with Gasteiger partial charge in [-0.25, -0.2) is 18.7 Å². The molecular weight excluding hydrogens is 538 g/mol. The van der Waals surface area contributed by atoms with Crippen LogP contribution in [0.15, 0.2) is 47.1 Å². The van der Waals surface area contributed by atoms with Crippen molar-refractivity contribution in [1.82, 2.24) is 25.0 Å². The number of hydrogen-bond donors (Lipinski definition) is 1. The second-order valence-electron chi connectivity index (χ2n) is 9.56. The van der Waals surface area contributed by atoms with E-state index in [1.807, 2.05) is 36.6 Å². The fourth-order valence-electron chi connectivity index (χ4n) is 5.24. The van der Waals surface area contributed by atoms with E-state index in [0.717, 1.165) is 29.0 Å². The molecule has 2 amide bonds. The predicted molar refractivity (Wildman–Crippen MR) is 146 cm³/mol. The Morgan fingerprint density at radius 3 is 2.70 bits per heavy atom. The summed E-state index contributed by atoms with van der Waals surface area (Å²) in [6.45, 7) is 3.70. The number of anilines is 1. The third-order valence-electron chi connectivity index (χ3n) is 7.07. The SMILES string of the molecule is CNC(=O)c1cnc(-n2c(C3CCCC(=O)N3c3ccc(F)c(F)c3)nc3cc(-c4c(C)noc4C)ccc32)s1. The summed E-state index contributed by atoms with van der Waals surface area (Å²) in [5, 5.41) is 7.16. The van der Waals surface area contributed by atoms with Gasteiger partial charge in [0.15, 0.2) is 16.8 Å². The molecule has 0 spiro atoms. The summed E-state index contributed by atoms with van der Waals surface area (Å²) in [6.07, 6.45) is 2.90. The molecule has 1 saturated heterocycles. The third-order valence-corrected chi connectivity index (χ3v) is 8.05. The van der Waals surface area contributed by atoms with Gasteiger partial charge >= 0.3 is 0 Å². The van der Waals surface area contributed by atoms with E-state index in [1.54, 1.807) is 7.05 Å². The number of nitrogens with zero attached hydrogens (tertiary/aromatic N) is 5. The van der Waals surface area contributed by atoms with Crippen molar-refractivity contribution in [2.24, 2.45) is 0 Å². The van der Waals surface area contributed by atoms with E-state index in [1.165, 1.54) is 28.5 Å². The zero-order valence-electron chi connectivity index (χ0n) is 21.9. The van der Waals surface area contributed by atoms with E-state index >= 15 is 0 Å². The first-order valence-corrected chi connectivity index (χ1v) is 13.5. The number of rotatable bonds is 5. The van der Waals surface area contributed by atoms with Crippen molar-refractivity contribution in [1.29, 1.82) is 0 Å². The molecule has 5 aromatic rings. The molecule has 40 heavy (non-hydrogen) atoms. The maximum atomic E-state index is 14.3. The Kier molecular flexibility index (Phi) is 6.41. The van der Waals surface area contributed by atoms with Crippen LogP contribution in [0.5, 0.6) is 0 Å². The molecule has 1 aliphatic heterocycles. The number of aryl methyl sites for hydroxylation is 2. The Balaban J connectivity index is 1.56. The number of carbonyl (C=O) groups excluding carboxylic acids is 2. The highest BCUT2D eigenvalue weighted by atomic mass is 32.1. The van der Waals surface area contributed by atoms with E-state index in [2.05, 4.69) is 15.5 Å². The normalized spacial score (nSPS) is 15.7. The zero-order chi connectivity index (χ0) is 28.1. The van der Waals surface area contributed by atoms with Gasteiger partial charge in [0, 0.05) is 30.8 Å². The topological polar surface area (TPSA) is 106 Å². The van der Waals surface area contributed by atoms with Crippen LogP contribution < -0.4 is 10.2 Å². The number of amides is 2. The first kappa shape index (κ1) is 25.8. The average Bonchev–Trinajstić information content (AvgIpc) is 3.66. The van der Waals surface area contributed by atoms with Crippen LogP contribution in [0.4, 0.5) is 14.5 Å². The van der Waals surface area contributed by atoms with Gasteiger partial charge in [0.1, 0.15) is 16.5 Å². The Morgan fingerprint density at radius 1 is 1.15 bits per heavy atom. The van der Waals surface area contributed by atoms with Crippen molar-refractivity contribution in [2.45, 2.75) is 39.2 Å². The van der Waals surface area contributed by atoms with Gasteiger partial charge in [0.05, 0.1) is 29.0 Å². The number of piperidine rings is 1. The van der Waals surface area contributed by atoms with Crippen LogP contribution in [0.3, 0.4) is 0 Å². The van der Waals surface area contributed by atoms with Crippen LogP contribution in [0.1, 0.15) is 52.3 Å². The summed E-state index contributed by atoms with van der Waals surface area (Å²) in [5.74, 6) is -1.35. The fourth-order valence-corrected chi connectivity index (χ4v) is 6.13. The number of thiazole rings is 1. The minimum atomic E-state index is -1.04. The molecule has 1 N–H and O–H groups in total. The van der Waals surface area contributed by atoms with E-state index in [-0.39, 0.29) is 23.9 Å². The van der Waals surface area contributed by atoms with Crippen molar-refractivity contribution >= 4 is 39.9 Å². The predicted octanol–water partition coefficient (Wildman–Crippen LogP) is 5.65. The molecule has 1 unspecified atom stereocenters. The van der Waals surface area contributed by atoms with E-state index in [9.17, 15) is 18.4 Å². The molecular formula is C28H24F2N6O3S. The molecule has 1 fully saturated rings. The molecule has 0 radical (unpaired) electrons. The summed E-state index contributed by atoms with van der Waals surface area (Å²) in [4.78, 5) is 37.0. The number of imidazole rings is 1. The minimum absolute atomic E-state index is 0.220. The number of benzene rings is 2. The first-order chi connectivity index (χ1) is 19.3. The Labute approximate surface area is 231 Å². The van der Waals surface area contributed by atoms with Gasteiger partial charge in [0.25, 0.3) is 5.91 Å². The molecule has 1 aliphatic rings. The number of nitrogens with one attached hydrogen (secondary N) is 1. The van der Waals surface area contributed by atoms with Crippen molar-refractivity contribution in [3.05, 3.63) is 76.4 Å². The lowest BCUT2D eigenvalue weighted by Gasteiger charge is -2.35. The molecule has 2 aromatic carbocycles. The number of hydrogen-bond acceptors (Lipinski definition) is 7. The highest BCUT2D eigenvalue weighted by molar-refractivity contribution is 7.16. The van der Waals surface area contributed by atoms with Crippen molar-refractivity contribution in [2.75, 3.05) is 11.9 Å². The monoisotopic (exact) mass is 562 g/mol. The minimum Gasteiger partial charge on any atom is -0.361 e. The van der Waals surface area contributed by atoms with Crippen molar-refractivity contribution in [3.8, 4) is 16.3 Å². The number of aromatic nitrogens is 4. The lowest BCUT2D eigenvalue weighted by Crippen LogP contribution is -2.39. The zero-order valence-corrected chi connectivity index (χ0v) is 22.7. The number of carbonyl (C=O) groups is 2. The van der Waals surface area contributed by atoms with Gasteiger partial charge in [-0.3, -0.25) is 14.2 Å². The van der Waals surface area contributed by atoms with E-state index < -0.39 is 17.7 Å². The van der Waals surface area contributed by atoms with Crippen LogP contribution in [0.25, 0.3) is 27.3 Å². The summed E-state index contributed by atoms with van der Waals surface area (Å²) in [7, 11) is 1.54. The lowest BCUT2D eigenvalue weighted by atomic mass is 9.99. The average molecular weight is 563 g/mol. The van der Waals surface area contributed by atoms with Crippen molar-refractivity contribution < 1.29 is 22.9 Å². The Hall–Kier alpha value is -4.45. The second kappa shape index (κ2) is 9.94. The first-order valence-electron chi connectivity index (χ1n) is 12.7. The summed E-state index contributed by atoms with van der Waals surface area (Å²) in [5.41, 5.74) is 4.06. The fraction of sp³-hybridized carbons (Fsp3) is 0.250. The molecule has 12 heteroatoms. The molecule has 204 valence electrons. The van der Waals surface area contributed by atoms with E-state index in [0.29, 0.717) is 45.5 Å². The highest BCUT2D eigenvalue weighted by Crippen LogP contribution is 2.40. The van der Waals surface area contributed by atoms with Crippen LogP contribution in [0.2, 0.25) is 0 Å². The van der Waals surface area contributed by atoms with Gasteiger partial charge in [0.2, 0.25) is 5.91 Å². The largest absolute Gasteiger partial charge is 0.361 e. The molecule has 0 bridgehead atoms. The Morgan fingerprint density at radius 2 is 1.98 bits per heavy atom. The maximum absolute atomic E-state index is 14.3. The molecule has 4 heterocycles. The Bertz CT molecular complexity index is 1770. The smallest absolute Gasteiger partial charge is 0.262 e.